The molecule has 6 nitrogen and oxygen atoms in total. The predicted octanol–water partition coefficient (Wildman–Crippen LogP) is 1.59. The van der Waals surface area contributed by atoms with Crippen molar-refractivity contribution in [1.82, 2.24) is 10.6 Å². The number of carbonyl (C=O) groups is 2. The molecule has 0 heterocycles. The zero-order valence-corrected chi connectivity index (χ0v) is 12.0. The average molecular weight is 279 g/mol. The highest BCUT2D eigenvalue weighted by Crippen LogP contribution is 2.16. The molecule has 0 aliphatic carbocycles. The molecule has 0 unspecified atom stereocenters. The van der Waals surface area contributed by atoms with E-state index in [0.717, 1.165) is 0 Å². The number of benzene rings is 1. The fourth-order valence-electron chi connectivity index (χ4n) is 1.44. The average Bonchev–Trinajstić information content (AvgIpc) is 2.43. The Morgan fingerprint density at radius 2 is 1.90 bits per heavy atom. The van der Waals surface area contributed by atoms with Crippen molar-refractivity contribution in [2.75, 3.05) is 25.5 Å². The van der Waals surface area contributed by atoms with Crippen molar-refractivity contribution >= 4 is 17.6 Å². The molecule has 110 valence electrons. The van der Waals surface area contributed by atoms with E-state index < -0.39 is 0 Å². The molecular formula is C14H21N3O3. The summed E-state index contributed by atoms with van der Waals surface area (Å²) in [6, 6.07) is 6.75. The van der Waals surface area contributed by atoms with Gasteiger partial charge >= 0.3 is 6.03 Å². The number of nitrogens with one attached hydrogen (secondary N) is 3. The number of amides is 3. The summed E-state index contributed by atoms with van der Waals surface area (Å²) in [6.07, 6.45) is 0. The Balaban J connectivity index is 2.28. The van der Waals surface area contributed by atoms with Gasteiger partial charge in [0.2, 0.25) is 5.91 Å². The lowest BCUT2D eigenvalue weighted by molar-refractivity contribution is -0.123. The maximum atomic E-state index is 11.6. The van der Waals surface area contributed by atoms with Gasteiger partial charge in [-0.3, -0.25) is 4.79 Å². The minimum Gasteiger partial charge on any atom is -0.497 e. The van der Waals surface area contributed by atoms with Gasteiger partial charge in [-0.05, 0) is 12.1 Å². The first kappa shape index (κ1) is 15.8. The Morgan fingerprint density at radius 1 is 1.20 bits per heavy atom. The molecule has 0 saturated carbocycles. The number of anilines is 1. The minimum absolute atomic E-state index is 0.0278. The van der Waals surface area contributed by atoms with Gasteiger partial charge in [0.1, 0.15) is 5.75 Å². The lowest BCUT2D eigenvalue weighted by atomic mass is 10.2. The summed E-state index contributed by atoms with van der Waals surface area (Å²) < 4.78 is 5.06. The fourth-order valence-corrected chi connectivity index (χ4v) is 1.44. The lowest BCUT2D eigenvalue weighted by Crippen LogP contribution is -2.38. The van der Waals surface area contributed by atoms with Crippen LogP contribution >= 0.6 is 0 Å². The van der Waals surface area contributed by atoms with E-state index in [0.29, 0.717) is 24.5 Å². The van der Waals surface area contributed by atoms with Gasteiger partial charge in [-0.1, -0.05) is 19.9 Å². The third-order valence-corrected chi connectivity index (χ3v) is 2.56. The van der Waals surface area contributed by atoms with E-state index in [4.69, 9.17) is 4.74 Å². The third-order valence-electron chi connectivity index (χ3n) is 2.56. The first-order chi connectivity index (χ1) is 9.52. The van der Waals surface area contributed by atoms with Crippen LogP contribution in [0.3, 0.4) is 0 Å². The number of urea groups is 1. The van der Waals surface area contributed by atoms with Crippen molar-refractivity contribution < 1.29 is 14.3 Å². The van der Waals surface area contributed by atoms with Gasteiger partial charge in [0.25, 0.3) is 0 Å². The van der Waals surface area contributed by atoms with Crippen LogP contribution in [-0.2, 0) is 4.79 Å². The Morgan fingerprint density at radius 3 is 2.55 bits per heavy atom. The molecule has 0 atom stereocenters. The summed E-state index contributed by atoms with van der Waals surface area (Å²) in [5.74, 6) is 0.590. The number of hydrogen-bond acceptors (Lipinski definition) is 3. The molecule has 3 amide bonds. The Hall–Kier alpha value is -2.24. The highest BCUT2D eigenvalue weighted by atomic mass is 16.5. The number of methoxy groups -OCH3 is 1. The zero-order chi connectivity index (χ0) is 15.0. The standard InChI is InChI=1S/C14H21N3O3/c1-10(2)13(18)15-7-8-16-14(19)17-11-5-4-6-12(9-11)20-3/h4-6,9-10H,7-8H2,1-3H3,(H,15,18)(H2,16,17,19). The molecule has 1 aromatic rings. The van der Waals surface area contributed by atoms with Crippen LogP contribution in [0.2, 0.25) is 0 Å². The number of rotatable bonds is 6. The predicted molar refractivity (Wildman–Crippen MR) is 77.9 cm³/mol. The van der Waals surface area contributed by atoms with E-state index >= 15 is 0 Å². The molecule has 3 N–H and O–H groups in total. The lowest BCUT2D eigenvalue weighted by Gasteiger charge is -2.10. The van der Waals surface area contributed by atoms with Crippen molar-refractivity contribution in [2.24, 2.45) is 5.92 Å². The third kappa shape index (κ3) is 5.60. The Bertz CT molecular complexity index is 461. The molecule has 0 aromatic heterocycles. The topological polar surface area (TPSA) is 79.5 Å². The maximum absolute atomic E-state index is 11.6. The van der Waals surface area contributed by atoms with Crippen LogP contribution in [0.15, 0.2) is 24.3 Å². The van der Waals surface area contributed by atoms with Crippen LogP contribution in [0.1, 0.15) is 13.8 Å². The van der Waals surface area contributed by atoms with E-state index in [9.17, 15) is 9.59 Å². The highest BCUT2D eigenvalue weighted by molar-refractivity contribution is 5.89. The van der Waals surface area contributed by atoms with E-state index in [1.807, 2.05) is 13.8 Å². The molecule has 0 bridgehead atoms. The molecule has 0 aliphatic heterocycles. The van der Waals surface area contributed by atoms with Crippen molar-refractivity contribution in [1.29, 1.82) is 0 Å². The minimum atomic E-state index is -0.322. The van der Waals surface area contributed by atoms with Gasteiger partial charge in [0, 0.05) is 30.8 Å². The van der Waals surface area contributed by atoms with Crippen molar-refractivity contribution in [3.8, 4) is 5.75 Å². The quantitative estimate of drug-likeness (QED) is 0.692. The summed E-state index contributed by atoms with van der Waals surface area (Å²) in [5, 5.41) is 8.06. The summed E-state index contributed by atoms with van der Waals surface area (Å²) >= 11 is 0. The van der Waals surface area contributed by atoms with Crippen LogP contribution in [0, 0.1) is 5.92 Å². The molecule has 1 rings (SSSR count). The van der Waals surface area contributed by atoms with Crippen LogP contribution in [0.25, 0.3) is 0 Å². The molecule has 6 heteroatoms. The normalized spacial score (nSPS) is 10.0. The van der Waals surface area contributed by atoms with E-state index in [1.54, 1.807) is 31.4 Å². The smallest absolute Gasteiger partial charge is 0.319 e. The fraction of sp³-hybridized carbons (Fsp3) is 0.429. The van der Waals surface area contributed by atoms with Crippen LogP contribution in [0.4, 0.5) is 10.5 Å². The van der Waals surface area contributed by atoms with Crippen LogP contribution < -0.4 is 20.7 Å². The van der Waals surface area contributed by atoms with Crippen molar-refractivity contribution in [3.63, 3.8) is 0 Å². The summed E-state index contributed by atoms with van der Waals surface area (Å²) in [6.45, 7) is 4.41. The molecule has 0 fully saturated rings. The van der Waals surface area contributed by atoms with E-state index in [2.05, 4.69) is 16.0 Å². The molecular weight excluding hydrogens is 258 g/mol. The number of carbonyl (C=O) groups excluding carboxylic acids is 2. The zero-order valence-electron chi connectivity index (χ0n) is 12.0. The van der Waals surface area contributed by atoms with Crippen molar-refractivity contribution in [2.45, 2.75) is 13.8 Å². The Kier molecular flexibility index (Phi) is 6.36. The molecule has 20 heavy (non-hydrogen) atoms. The van der Waals surface area contributed by atoms with Gasteiger partial charge in [0.05, 0.1) is 7.11 Å². The largest absolute Gasteiger partial charge is 0.497 e. The number of ether oxygens (including phenoxy) is 1. The molecule has 0 radical (unpaired) electrons. The van der Waals surface area contributed by atoms with E-state index in [-0.39, 0.29) is 17.9 Å². The van der Waals surface area contributed by atoms with Crippen LogP contribution in [-0.4, -0.2) is 32.1 Å². The molecule has 0 aliphatic rings. The summed E-state index contributed by atoms with van der Waals surface area (Å²) in [4.78, 5) is 22.9. The second-order valence-electron chi connectivity index (χ2n) is 4.56. The molecule has 0 saturated heterocycles. The first-order valence-corrected chi connectivity index (χ1v) is 6.49. The maximum Gasteiger partial charge on any atom is 0.319 e. The second-order valence-corrected chi connectivity index (χ2v) is 4.56. The summed E-state index contributed by atoms with van der Waals surface area (Å²) in [7, 11) is 1.57. The number of hydrogen-bond donors (Lipinski definition) is 3. The summed E-state index contributed by atoms with van der Waals surface area (Å²) in [5.41, 5.74) is 0.646. The van der Waals surface area contributed by atoms with Crippen molar-refractivity contribution in [3.05, 3.63) is 24.3 Å². The first-order valence-electron chi connectivity index (χ1n) is 6.49. The van der Waals surface area contributed by atoms with Gasteiger partial charge in [-0.25, -0.2) is 4.79 Å². The highest BCUT2D eigenvalue weighted by Gasteiger charge is 2.06. The van der Waals surface area contributed by atoms with Gasteiger partial charge in [-0.2, -0.15) is 0 Å². The Labute approximate surface area is 118 Å². The SMILES string of the molecule is COc1cccc(NC(=O)NCCNC(=O)C(C)C)c1. The second kappa shape index (κ2) is 8.04. The van der Waals surface area contributed by atoms with Gasteiger partial charge < -0.3 is 20.7 Å². The monoisotopic (exact) mass is 279 g/mol. The molecule has 0 spiro atoms. The van der Waals surface area contributed by atoms with Gasteiger partial charge in [0.15, 0.2) is 0 Å². The molecule has 1 aromatic carbocycles. The van der Waals surface area contributed by atoms with Gasteiger partial charge in [-0.15, -0.1) is 0 Å². The van der Waals surface area contributed by atoms with E-state index in [1.165, 1.54) is 0 Å². The van der Waals surface area contributed by atoms with Crippen LogP contribution in [0.5, 0.6) is 5.75 Å².